The largest absolute Gasteiger partial charge is 0.361 e. The van der Waals surface area contributed by atoms with Crippen molar-refractivity contribution < 1.29 is 4.57 Å². The smallest absolute Gasteiger partial charge is 0.162 e. The Kier molecular flexibility index (Phi) is 5.15. The summed E-state index contributed by atoms with van der Waals surface area (Å²) in [5.41, 5.74) is 9.85. The van der Waals surface area contributed by atoms with E-state index in [1.54, 1.807) is 0 Å². The molecule has 1 atom stereocenters. The molecule has 1 unspecified atom stereocenters. The molecule has 5 heteroatoms. The van der Waals surface area contributed by atoms with E-state index in [0.29, 0.717) is 0 Å². The highest BCUT2D eigenvalue weighted by molar-refractivity contribution is 7.61. The lowest BCUT2D eigenvalue weighted by molar-refractivity contribution is 0.597. The quantitative estimate of drug-likeness (QED) is 0.400. The van der Waals surface area contributed by atoms with Gasteiger partial charge >= 0.3 is 0 Å². The molecule has 3 N–H and O–H groups in total. The van der Waals surface area contributed by atoms with Gasteiger partial charge in [0.1, 0.15) is 0 Å². The second-order valence-electron chi connectivity index (χ2n) is 7.21. The standard InChI is InChI=1S/C23H26N3OP/c1-4-16-9-21(24-12-16)20-7-6-18(8-15(20)3)19-11-23(26-14-19)28(27)22-10-17(5-2)13-25-22/h6-14,24-26,28H,4-5H2,1-3H3. The maximum Gasteiger partial charge on any atom is 0.162 e. The fourth-order valence-electron chi connectivity index (χ4n) is 3.56. The minimum atomic E-state index is -2.05. The zero-order chi connectivity index (χ0) is 19.7. The van der Waals surface area contributed by atoms with Crippen molar-refractivity contribution >= 4 is 18.7 Å². The van der Waals surface area contributed by atoms with Crippen LogP contribution in [0.25, 0.3) is 22.4 Å². The Bertz CT molecular complexity index is 1130. The minimum absolute atomic E-state index is 0.781. The minimum Gasteiger partial charge on any atom is -0.361 e. The summed E-state index contributed by atoms with van der Waals surface area (Å²) in [4.78, 5) is 9.74. The van der Waals surface area contributed by atoms with Gasteiger partial charge in [-0.3, -0.25) is 0 Å². The molecule has 3 heterocycles. The molecule has 0 spiro atoms. The number of aromatic nitrogens is 3. The normalized spacial score (nSPS) is 12.4. The van der Waals surface area contributed by atoms with Gasteiger partial charge in [-0.15, -0.1) is 0 Å². The second kappa shape index (κ2) is 7.73. The second-order valence-corrected chi connectivity index (χ2v) is 8.95. The van der Waals surface area contributed by atoms with E-state index < -0.39 is 7.80 Å². The summed E-state index contributed by atoms with van der Waals surface area (Å²) in [5, 5.41) is 0. The van der Waals surface area contributed by atoms with E-state index in [1.165, 1.54) is 22.3 Å². The lowest BCUT2D eigenvalue weighted by Crippen LogP contribution is -2.07. The molecule has 28 heavy (non-hydrogen) atoms. The lowest BCUT2D eigenvalue weighted by atomic mass is 9.99. The number of hydrogen-bond donors (Lipinski definition) is 3. The number of nitrogens with one attached hydrogen (secondary N) is 3. The molecule has 0 radical (unpaired) electrons. The third-order valence-corrected chi connectivity index (χ3v) is 6.88. The van der Waals surface area contributed by atoms with Crippen LogP contribution < -0.4 is 10.9 Å². The molecule has 0 aliphatic heterocycles. The van der Waals surface area contributed by atoms with Crippen LogP contribution in [0.2, 0.25) is 0 Å². The molecule has 4 rings (SSSR count). The molecule has 0 aliphatic carbocycles. The average molecular weight is 391 g/mol. The molecule has 0 amide bonds. The van der Waals surface area contributed by atoms with Crippen molar-refractivity contribution in [3.05, 3.63) is 71.7 Å². The monoisotopic (exact) mass is 391 g/mol. The molecule has 1 aromatic carbocycles. The highest BCUT2D eigenvalue weighted by atomic mass is 31.1. The molecule has 0 saturated carbocycles. The SMILES string of the molecule is CCc1c[nH]c(-c2ccc(-c3c[nH]c([PH](=O)c4cc(CC)c[nH]4)c3)cc2C)c1. The molecule has 3 aromatic heterocycles. The first-order valence-electron chi connectivity index (χ1n) is 9.78. The third kappa shape index (κ3) is 3.53. The highest BCUT2D eigenvalue weighted by Gasteiger charge is 2.13. The fraction of sp³-hybridized carbons (Fsp3) is 0.217. The van der Waals surface area contributed by atoms with Gasteiger partial charge in [0, 0.05) is 29.8 Å². The van der Waals surface area contributed by atoms with Crippen molar-refractivity contribution in [2.45, 2.75) is 33.6 Å². The van der Waals surface area contributed by atoms with Crippen LogP contribution in [0.1, 0.15) is 30.5 Å². The van der Waals surface area contributed by atoms with E-state index in [9.17, 15) is 4.57 Å². The van der Waals surface area contributed by atoms with Crippen molar-refractivity contribution in [3.63, 3.8) is 0 Å². The summed E-state index contributed by atoms with van der Waals surface area (Å²) in [6, 6.07) is 12.7. The summed E-state index contributed by atoms with van der Waals surface area (Å²) in [6.45, 7) is 6.39. The van der Waals surface area contributed by atoms with Gasteiger partial charge in [-0.1, -0.05) is 32.0 Å². The van der Waals surface area contributed by atoms with Gasteiger partial charge in [0.2, 0.25) is 0 Å². The van der Waals surface area contributed by atoms with E-state index in [-0.39, 0.29) is 0 Å². The highest BCUT2D eigenvalue weighted by Crippen LogP contribution is 2.29. The topological polar surface area (TPSA) is 64.4 Å². The van der Waals surface area contributed by atoms with Crippen molar-refractivity contribution in [1.29, 1.82) is 0 Å². The van der Waals surface area contributed by atoms with E-state index in [0.717, 1.165) is 40.5 Å². The molecule has 144 valence electrons. The molecular formula is C23H26N3OP. The van der Waals surface area contributed by atoms with E-state index >= 15 is 0 Å². The number of aromatic amines is 3. The van der Waals surface area contributed by atoms with Gasteiger partial charge in [-0.2, -0.15) is 0 Å². The summed E-state index contributed by atoms with van der Waals surface area (Å²) in [5.74, 6) is 0. The number of H-pyrrole nitrogens is 3. The molecule has 4 aromatic rings. The van der Waals surface area contributed by atoms with Gasteiger partial charge in [0.15, 0.2) is 7.80 Å². The maximum atomic E-state index is 12.9. The van der Waals surface area contributed by atoms with Gasteiger partial charge in [-0.25, -0.2) is 0 Å². The average Bonchev–Trinajstić information content (AvgIpc) is 3.47. The van der Waals surface area contributed by atoms with E-state index in [4.69, 9.17) is 0 Å². The Morgan fingerprint density at radius 3 is 2.14 bits per heavy atom. The van der Waals surface area contributed by atoms with Crippen LogP contribution in [0.4, 0.5) is 0 Å². The van der Waals surface area contributed by atoms with Gasteiger partial charge < -0.3 is 19.5 Å². The molecule has 0 saturated heterocycles. The molecule has 0 bridgehead atoms. The predicted molar refractivity (Wildman–Crippen MR) is 119 cm³/mol. The Balaban J connectivity index is 1.60. The summed E-state index contributed by atoms with van der Waals surface area (Å²) in [6.07, 6.45) is 7.92. The Morgan fingerprint density at radius 1 is 0.786 bits per heavy atom. The number of hydrogen-bond acceptors (Lipinski definition) is 1. The van der Waals surface area contributed by atoms with Crippen LogP contribution >= 0.6 is 7.80 Å². The molecule has 4 nitrogen and oxygen atoms in total. The molecule has 0 aliphatic rings. The van der Waals surface area contributed by atoms with Gasteiger partial charge in [0.25, 0.3) is 0 Å². The van der Waals surface area contributed by atoms with Crippen molar-refractivity contribution in [2.75, 3.05) is 0 Å². The third-order valence-electron chi connectivity index (χ3n) is 5.32. The Hall–Kier alpha value is -2.71. The van der Waals surface area contributed by atoms with Crippen molar-refractivity contribution in [2.24, 2.45) is 0 Å². The van der Waals surface area contributed by atoms with Crippen molar-refractivity contribution in [3.8, 4) is 22.4 Å². The van der Waals surface area contributed by atoms with Crippen LogP contribution in [-0.2, 0) is 17.4 Å². The van der Waals surface area contributed by atoms with E-state index in [1.807, 2.05) is 24.5 Å². The lowest BCUT2D eigenvalue weighted by Gasteiger charge is -2.06. The van der Waals surface area contributed by atoms with Crippen LogP contribution in [0, 0.1) is 6.92 Å². The zero-order valence-electron chi connectivity index (χ0n) is 16.5. The number of rotatable bonds is 6. The first kappa shape index (κ1) is 18.6. The van der Waals surface area contributed by atoms with Gasteiger partial charge in [-0.05, 0) is 65.8 Å². The Morgan fingerprint density at radius 2 is 1.46 bits per heavy atom. The van der Waals surface area contributed by atoms with Crippen molar-refractivity contribution in [1.82, 2.24) is 15.0 Å². The fourth-order valence-corrected chi connectivity index (χ4v) is 4.86. The number of aryl methyl sites for hydroxylation is 3. The zero-order valence-corrected chi connectivity index (χ0v) is 17.5. The van der Waals surface area contributed by atoms with Crippen LogP contribution in [-0.4, -0.2) is 15.0 Å². The van der Waals surface area contributed by atoms with E-state index in [2.05, 4.69) is 66.2 Å². The Labute approximate surface area is 166 Å². The molecular weight excluding hydrogens is 365 g/mol. The van der Waals surface area contributed by atoms with Crippen LogP contribution in [0.5, 0.6) is 0 Å². The predicted octanol–water partition coefficient (Wildman–Crippen LogP) is 4.95. The summed E-state index contributed by atoms with van der Waals surface area (Å²) in [7, 11) is -2.05. The van der Waals surface area contributed by atoms with Crippen LogP contribution in [0.3, 0.4) is 0 Å². The van der Waals surface area contributed by atoms with Gasteiger partial charge in [0.05, 0.1) is 10.9 Å². The summed E-state index contributed by atoms with van der Waals surface area (Å²) < 4.78 is 12.9. The maximum absolute atomic E-state index is 12.9. The summed E-state index contributed by atoms with van der Waals surface area (Å²) >= 11 is 0. The first-order chi connectivity index (χ1) is 13.6. The first-order valence-corrected chi connectivity index (χ1v) is 11.2. The number of benzene rings is 1. The van der Waals surface area contributed by atoms with Crippen LogP contribution in [0.15, 0.2) is 55.0 Å². The molecule has 0 fully saturated rings.